The molecule has 0 aliphatic rings. The lowest BCUT2D eigenvalue weighted by Crippen LogP contribution is -2.03. The van der Waals surface area contributed by atoms with Crippen molar-refractivity contribution < 1.29 is 13.9 Å². The lowest BCUT2D eigenvalue weighted by molar-refractivity contribution is 0.269. The molecule has 0 saturated heterocycles. The molecular formula is C22H20Cl2FNO2. The third-order valence-corrected chi connectivity index (χ3v) is 4.57. The summed E-state index contributed by atoms with van der Waals surface area (Å²) in [7, 11) is 0. The van der Waals surface area contributed by atoms with Crippen molar-refractivity contribution in [2.45, 2.75) is 20.1 Å². The molecule has 0 aromatic heterocycles. The molecule has 0 spiro atoms. The summed E-state index contributed by atoms with van der Waals surface area (Å²) in [4.78, 5) is 0. The molecule has 0 aliphatic heterocycles. The van der Waals surface area contributed by atoms with Crippen LogP contribution in [0.1, 0.15) is 18.1 Å². The number of rotatable bonds is 8. The minimum absolute atomic E-state index is 0.0888. The standard InChI is InChI=1S/C22H20Cl2FNO2/c1-2-27-22-11-16(13-26-18-8-9-20(25)19(24)12-18)5-10-21(22)28-14-15-3-6-17(23)7-4-15/h3-12,26H,2,13-14H2,1H3. The van der Waals surface area contributed by atoms with Gasteiger partial charge in [-0.2, -0.15) is 0 Å². The Balaban J connectivity index is 1.67. The van der Waals surface area contributed by atoms with Gasteiger partial charge in [-0.25, -0.2) is 4.39 Å². The molecule has 0 radical (unpaired) electrons. The zero-order valence-electron chi connectivity index (χ0n) is 15.3. The first-order valence-electron chi connectivity index (χ1n) is 8.87. The van der Waals surface area contributed by atoms with Crippen molar-refractivity contribution in [3.63, 3.8) is 0 Å². The van der Waals surface area contributed by atoms with Gasteiger partial charge in [-0.1, -0.05) is 41.4 Å². The van der Waals surface area contributed by atoms with Gasteiger partial charge in [0.15, 0.2) is 11.5 Å². The lowest BCUT2D eigenvalue weighted by atomic mass is 10.2. The van der Waals surface area contributed by atoms with Gasteiger partial charge in [-0.15, -0.1) is 0 Å². The average molecular weight is 420 g/mol. The van der Waals surface area contributed by atoms with E-state index in [1.165, 1.54) is 6.07 Å². The van der Waals surface area contributed by atoms with E-state index >= 15 is 0 Å². The van der Waals surface area contributed by atoms with Crippen molar-refractivity contribution >= 4 is 28.9 Å². The van der Waals surface area contributed by atoms with E-state index in [0.717, 1.165) is 16.8 Å². The summed E-state index contributed by atoms with van der Waals surface area (Å²) >= 11 is 11.7. The summed E-state index contributed by atoms with van der Waals surface area (Å²) in [6.45, 7) is 3.42. The van der Waals surface area contributed by atoms with Crippen molar-refractivity contribution in [1.82, 2.24) is 0 Å². The molecule has 28 heavy (non-hydrogen) atoms. The minimum atomic E-state index is -0.437. The van der Waals surface area contributed by atoms with E-state index in [1.54, 1.807) is 12.1 Å². The topological polar surface area (TPSA) is 30.5 Å². The van der Waals surface area contributed by atoms with Crippen LogP contribution in [-0.2, 0) is 13.2 Å². The van der Waals surface area contributed by atoms with Crippen molar-refractivity contribution in [2.75, 3.05) is 11.9 Å². The van der Waals surface area contributed by atoms with Crippen LogP contribution in [0.3, 0.4) is 0 Å². The number of hydrogen-bond donors (Lipinski definition) is 1. The molecule has 1 N–H and O–H groups in total. The summed E-state index contributed by atoms with van der Waals surface area (Å²) < 4.78 is 24.9. The van der Waals surface area contributed by atoms with Gasteiger partial charge in [0.1, 0.15) is 12.4 Å². The van der Waals surface area contributed by atoms with Crippen LogP contribution < -0.4 is 14.8 Å². The Bertz CT molecular complexity index is 932. The lowest BCUT2D eigenvalue weighted by Gasteiger charge is -2.14. The zero-order chi connectivity index (χ0) is 19.9. The van der Waals surface area contributed by atoms with Crippen LogP contribution in [0, 0.1) is 5.82 Å². The third kappa shape index (κ3) is 5.54. The molecule has 146 valence electrons. The van der Waals surface area contributed by atoms with E-state index in [-0.39, 0.29) is 5.02 Å². The number of anilines is 1. The highest BCUT2D eigenvalue weighted by Gasteiger charge is 2.08. The summed E-state index contributed by atoms with van der Waals surface area (Å²) in [5.74, 6) is 0.909. The number of halogens is 3. The highest BCUT2D eigenvalue weighted by Crippen LogP contribution is 2.30. The van der Waals surface area contributed by atoms with Crippen molar-refractivity contribution in [1.29, 1.82) is 0 Å². The predicted molar refractivity (Wildman–Crippen MR) is 112 cm³/mol. The Hall–Kier alpha value is -2.43. The van der Waals surface area contributed by atoms with Gasteiger partial charge in [0, 0.05) is 17.3 Å². The maximum atomic E-state index is 13.3. The molecule has 0 amide bonds. The van der Waals surface area contributed by atoms with Gasteiger partial charge < -0.3 is 14.8 Å². The van der Waals surface area contributed by atoms with Gasteiger partial charge in [0.05, 0.1) is 11.6 Å². The van der Waals surface area contributed by atoms with E-state index in [4.69, 9.17) is 32.7 Å². The smallest absolute Gasteiger partial charge is 0.161 e. The van der Waals surface area contributed by atoms with Crippen LogP contribution in [0.5, 0.6) is 11.5 Å². The number of ether oxygens (including phenoxy) is 2. The van der Waals surface area contributed by atoms with E-state index in [2.05, 4.69) is 5.32 Å². The predicted octanol–water partition coefficient (Wildman–Crippen LogP) is 6.72. The molecule has 0 heterocycles. The zero-order valence-corrected chi connectivity index (χ0v) is 16.9. The van der Waals surface area contributed by atoms with E-state index < -0.39 is 5.82 Å². The Kier molecular flexibility index (Phi) is 7.01. The molecule has 0 saturated carbocycles. The van der Waals surface area contributed by atoms with Crippen LogP contribution in [-0.4, -0.2) is 6.61 Å². The van der Waals surface area contributed by atoms with Gasteiger partial charge in [-0.3, -0.25) is 0 Å². The fourth-order valence-electron chi connectivity index (χ4n) is 2.60. The van der Waals surface area contributed by atoms with E-state index in [9.17, 15) is 4.39 Å². The first-order chi connectivity index (χ1) is 13.5. The van der Waals surface area contributed by atoms with Crippen LogP contribution in [0.25, 0.3) is 0 Å². The highest BCUT2D eigenvalue weighted by atomic mass is 35.5. The molecule has 0 fully saturated rings. The molecule has 3 rings (SSSR count). The van der Waals surface area contributed by atoms with Crippen molar-refractivity contribution in [3.8, 4) is 11.5 Å². The molecule has 3 aromatic rings. The largest absolute Gasteiger partial charge is 0.490 e. The Morgan fingerprint density at radius 3 is 2.32 bits per heavy atom. The van der Waals surface area contributed by atoms with Crippen LogP contribution in [0.4, 0.5) is 10.1 Å². The summed E-state index contributed by atoms with van der Waals surface area (Å²) in [6.07, 6.45) is 0. The number of benzene rings is 3. The Labute approximate surface area is 174 Å². The highest BCUT2D eigenvalue weighted by molar-refractivity contribution is 6.31. The van der Waals surface area contributed by atoms with Crippen molar-refractivity contribution in [3.05, 3.63) is 87.7 Å². The molecule has 0 atom stereocenters. The number of nitrogens with one attached hydrogen (secondary N) is 1. The van der Waals surface area contributed by atoms with Crippen LogP contribution in [0.15, 0.2) is 60.7 Å². The summed E-state index contributed by atoms with van der Waals surface area (Å²) in [5, 5.41) is 4.00. The maximum absolute atomic E-state index is 13.3. The molecule has 0 unspecified atom stereocenters. The van der Waals surface area contributed by atoms with E-state index in [0.29, 0.717) is 36.3 Å². The number of hydrogen-bond acceptors (Lipinski definition) is 3. The molecule has 3 nitrogen and oxygen atoms in total. The van der Waals surface area contributed by atoms with Crippen LogP contribution >= 0.6 is 23.2 Å². The second-order valence-electron chi connectivity index (χ2n) is 6.11. The molecule has 3 aromatic carbocycles. The van der Waals surface area contributed by atoms with Crippen LogP contribution in [0.2, 0.25) is 10.0 Å². The van der Waals surface area contributed by atoms with Crippen molar-refractivity contribution in [2.24, 2.45) is 0 Å². The first kappa shape index (κ1) is 20.3. The Morgan fingerprint density at radius 1 is 0.857 bits per heavy atom. The first-order valence-corrected chi connectivity index (χ1v) is 9.62. The van der Waals surface area contributed by atoms with Gasteiger partial charge >= 0.3 is 0 Å². The fraction of sp³-hybridized carbons (Fsp3) is 0.182. The van der Waals surface area contributed by atoms with Gasteiger partial charge in [0.2, 0.25) is 0 Å². The Morgan fingerprint density at radius 2 is 1.61 bits per heavy atom. The normalized spacial score (nSPS) is 10.6. The molecule has 0 aliphatic carbocycles. The fourth-order valence-corrected chi connectivity index (χ4v) is 2.91. The second kappa shape index (κ2) is 9.67. The summed E-state index contributed by atoms with van der Waals surface area (Å²) in [5.41, 5.74) is 2.76. The SMILES string of the molecule is CCOc1cc(CNc2ccc(F)c(Cl)c2)ccc1OCc1ccc(Cl)cc1. The average Bonchev–Trinajstić information content (AvgIpc) is 2.69. The minimum Gasteiger partial charge on any atom is -0.490 e. The third-order valence-electron chi connectivity index (χ3n) is 4.03. The van der Waals surface area contributed by atoms with Gasteiger partial charge in [0.25, 0.3) is 0 Å². The quantitative estimate of drug-likeness (QED) is 0.439. The van der Waals surface area contributed by atoms with E-state index in [1.807, 2.05) is 49.4 Å². The van der Waals surface area contributed by atoms with Gasteiger partial charge in [-0.05, 0) is 60.5 Å². The monoisotopic (exact) mass is 419 g/mol. The summed E-state index contributed by atoms with van der Waals surface area (Å²) in [6, 6.07) is 17.8. The molecular weight excluding hydrogens is 400 g/mol. The molecule has 0 bridgehead atoms. The second-order valence-corrected chi connectivity index (χ2v) is 6.96. The maximum Gasteiger partial charge on any atom is 0.161 e. The molecule has 6 heteroatoms.